The summed E-state index contributed by atoms with van der Waals surface area (Å²) < 4.78 is 11.7. The van der Waals surface area contributed by atoms with E-state index in [2.05, 4.69) is 55.4 Å². The fourth-order valence-corrected chi connectivity index (χ4v) is 4.65. The van der Waals surface area contributed by atoms with Crippen molar-refractivity contribution in [2.24, 2.45) is 16.3 Å². The highest BCUT2D eigenvalue weighted by Crippen LogP contribution is 2.51. The molecule has 2 aliphatic rings. The number of hydrogen-bond acceptors (Lipinski definition) is 4. The molecule has 0 amide bonds. The molecule has 1 saturated carbocycles. The summed E-state index contributed by atoms with van der Waals surface area (Å²) in [4.78, 5) is 9.36. The number of aliphatic imine (C=N–C) groups is 1. The monoisotopic (exact) mass is 396 g/mol. The van der Waals surface area contributed by atoms with Crippen LogP contribution >= 0.6 is 0 Å². The van der Waals surface area contributed by atoms with Gasteiger partial charge in [-0.15, -0.1) is 0 Å². The van der Waals surface area contributed by atoms with Crippen molar-refractivity contribution in [3.63, 3.8) is 0 Å². The van der Waals surface area contributed by atoms with Crippen molar-refractivity contribution < 1.29 is 9.15 Å². The number of guanidine groups is 1. The Kier molecular flexibility index (Phi) is 5.63. The van der Waals surface area contributed by atoms with E-state index in [0.29, 0.717) is 30.5 Å². The van der Waals surface area contributed by atoms with Crippen LogP contribution in [-0.2, 0) is 11.3 Å². The highest BCUT2D eigenvalue weighted by atomic mass is 16.5. The number of aryl methyl sites for hydroxylation is 1. The van der Waals surface area contributed by atoms with Crippen molar-refractivity contribution in [1.82, 2.24) is 15.6 Å². The van der Waals surface area contributed by atoms with Gasteiger partial charge in [-0.2, -0.15) is 0 Å². The first-order valence-corrected chi connectivity index (χ1v) is 10.7. The van der Waals surface area contributed by atoms with Gasteiger partial charge in [-0.1, -0.05) is 31.5 Å². The second kappa shape index (κ2) is 8.19. The van der Waals surface area contributed by atoms with Gasteiger partial charge in [0.1, 0.15) is 12.0 Å². The number of ether oxygens (including phenoxy) is 1. The highest BCUT2D eigenvalue weighted by Gasteiger charge is 2.58. The second-order valence-electron chi connectivity index (χ2n) is 8.75. The van der Waals surface area contributed by atoms with E-state index in [1.54, 1.807) is 6.26 Å². The van der Waals surface area contributed by atoms with Gasteiger partial charge in [0.05, 0.1) is 12.6 Å². The van der Waals surface area contributed by atoms with Crippen molar-refractivity contribution in [3.8, 4) is 11.5 Å². The lowest BCUT2D eigenvalue weighted by Crippen LogP contribution is -2.71. The van der Waals surface area contributed by atoms with Gasteiger partial charge in [-0.25, -0.2) is 9.98 Å². The smallest absolute Gasteiger partial charge is 0.226 e. The molecule has 1 aliphatic carbocycles. The van der Waals surface area contributed by atoms with Crippen LogP contribution in [0.5, 0.6) is 0 Å². The third-order valence-corrected chi connectivity index (χ3v) is 6.22. The zero-order valence-electron chi connectivity index (χ0n) is 17.9. The molecule has 0 spiro atoms. The molecule has 0 radical (unpaired) electrons. The lowest BCUT2D eigenvalue weighted by atomic mass is 9.55. The normalized spacial score (nSPS) is 25.8. The van der Waals surface area contributed by atoms with Gasteiger partial charge >= 0.3 is 0 Å². The first kappa shape index (κ1) is 20.0. The largest absolute Gasteiger partial charge is 0.444 e. The zero-order valence-corrected chi connectivity index (χ0v) is 17.9. The summed E-state index contributed by atoms with van der Waals surface area (Å²) in [5.74, 6) is 2.02. The van der Waals surface area contributed by atoms with Gasteiger partial charge in [0.2, 0.25) is 5.89 Å². The van der Waals surface area contributed by atoms with E-state index in [4.69, 9.17) is 14.1 Å². The Labute approximate surface area is 173 Å². The molecule has 1 aromatic heterocycles. The average Bonchev–Trinajstić information content (AvgIpc) is 3.19. The van der Waals surface area contributed by atoms with Crippen LogP contribution in [0.3, 0.4) is 0 Å². The van der Waals surface area contributed by atoms with E-state index < -0.39 is 0 Å². The maximum absolute atomic E-state index is 6.02. The minimum Gasteiger partial charge on any atom is -0.444 e. The summed E-state index contributed by atoms with van der Waals surface area (Å²) in [6.07, 6.45) is 4.41. The Morgan fingerprint density at radius 1 is 1.28 bits per heavy atom. The van der Waals surface area contributed by atoms with Crippen LogP contribution in [0.25, 0.3) is 11.5 Å². The van der Waals surface area contributed by atoms with Gasteiger partial charge in [-0.05, 0) is 38.8 Å². The Bertz CT molecular complexity index is 856. The summed E-state index contributed by atoms with van der Waals surface area (Å²) in [7, 11) is 0. The Hall–Kier alpha value is -2.34. The molecule has 2 heterocycles. The molecule has 3 unspecified atom stereocenters. The molecule has 6 heteroatoms. The molecule has 1 aliphatic heterocycles. The number of rotatable bonds is 5. The predicted octanol–water partition coefficient (Wildman–Crippen LogP) is 3.91. The number of oxazole rings is 1. The van der Waals surface area contributed by atoms with Crippen LogP contribution in [0, 0.1) is 18.3 Å². The standard InChI is InChI=1S/C23H32N4O2/c1-5-24-22(27-19-18-7-6-12-28-20(18)23(19,3)4)25-13-17-14-29-21(26-17)16-10-8-15(2)9-11-16/h8-11,14,18-20H,5-7,12-13H2,1-4H3,(H2,24,25,27). The van der Waals surface area contributed by atoms with Crippen molar-refractivity contribution in [2.45, 2.75) is 59.2 Å². The summed E-state index contributed by atoms with van der Waals surface area (Å²) in [6.45, 7) is 10.9. The molecule has 2 N–H and O–H groups in total. The van der Waals surface area contributed by atoms with Crippen molar-refractivity contribution >= 4 is 5.96 Å². The molecule has 156 valence electrons. The van der Waals surface area contributed by atoms with Crippen LogP contribution in [0.4, 0.5) is 0 Å². The molecule has 6 nitrogen and oxygen atoms in total. The van der Waals surface area contributed by atoms with Crippen molar-refractivity contribution in [1.29, 1.82) is 0 Å². The lowest BCUT2D eigenvalue weighted by molar-refractivity contribution is -0.188. The summed E-state index contributed by atoms with van der Waals surface area (Å²) in [5, 5.41) is 7.03. The average molecular weight is 397 g/mol. The molecule has 2 aromatic rings. The summed E-state index contributed by atoms with van der Waals surface area (Å²) >= 11 is 0. The van der Waals surface area contributed by atoms with E-state index in [1.807, 2.05) is 12.1 Å². The number of nitrogens with zero attached hydrogens (tertiary/aromatic N) is 2. The Balaban J connectivity index is 1.43. The first-order chi connectivity index (χ1) is 14.0. The topological polar surface area (TPSA) is 71.7 Å². The number of nitrogens with one attached hydrogen (secondary N) is 2. The maximum Gasteiger partial charge on any atom is 0.226 e. The molecule has 3 atom stereocenters. The van der Waals surface area contributed by atoms with E-state index in [0.717, 1.165) is 36.8 Å². The van der Waals surface area contributed by atoms with Crippen LogP contribution in [0.2, 0.25) is 0 Å². The number of hydrogen-bond donors (Lipinski definition) is 2. The van der Waals surface area contributed by atoms with Gasteiger partial charge < -0.3 is 19.8 Å². The fraction of sp³-hybridized carbons (Fsp3) is 0.565. The van der Waals surface area contributed by atoms with Gasteiger partial charge in [-0.3, -0.25) is 0 Å². The van der Waals surface area contributed by atoms with Crippen LogP contribution < -0.4 is 10.6 Å². The molecule has 1 saturated heterocycles. The minimum absolute atomic E-state index is 0.105. The highest BCUT2D eigenvalue weighted by molar-refractivity contribution is 5.80. The Morgan fingerprint density at radius 3 is 2.83 bits per heavy atom. The van der Waals surface area contributed by atoms with E-state index in [9.17, 15) is 0 Å². The second-order valence-corrected chi connectivity index (χ2v) is 8.75. The third kappa shape index (κ3) is 4.04. The molecule has 1 aromatic carbocycles. The minimum atomic E-state index is 0.105. The maximum atomic E-state index is 6.02. The van der Waals surface area contributed by atoms with Gasteiger partial charge in [0.15, 0.2) is 5.96 Å². The van der Waals surface area contributed by atoms with Gasteiger partial charge in [0.25, 0.3) is 0 Å². The summed E-state index contributed by atoms with van der Waals surface area (Å²) in [5.41, 5.74) is 3.13. The Morgan fingerprint density at radius 2 is 2.07 bits per heavy atom. The number of benzene rings is 1. The number of fused-ring (bicyclic) bond motifs is 1. The molecule has 4 rings (SSSR count). The zero-order chi connectivity index (χ0) is 20.4. The third-order valence-electron chi connectivity index (χ3n) is 6.22. The molecular weight excluding hydrogens is 364 g/mol. The first-order valence-electron chi connectivity index (χ1n) is 10.7. The van der Waals surface area contributed by atoms with Crippen LogP contribution in [-0.4, -0.2) is 36.2 Å². The predicted molar refractivity (Wildman–Crippen MR) is 115 cm³/mol. The van der Waals surface area contributed by atoms with E-state index in [-0.39, 0.29) is 5.41 Å². The quantitative estimate of drug-likeness (QED) is 0.592. The number of aromatic nitrogens is 1. The lowest BCUT2D eigenvalue weighted by Gasteiger charge is -2.60. The molecule has 2 fully saturated rings. The van der Waals surface area contributed by atoms with Gasteiger partial charge in [0, 0.05) is 36.1 Å². The van der Waals surface area contributed by atoms with Crippen molar-refractivity contribution in [3.05, 3.63) is 41.8 Å². The van der Waals surface area contributed by atoms with Crippen molar-refractivity contribution in [2.75, 3.05) is 13.2 Å². The van der Waals surface area contributed by atoms with E-state index >= 15 is 0 Å². The van der Waals surface area contributed by atoms with Crippen LogP contribution in [0.1, 0.15) is 44.9 Å². The fourth-order valence-electron chi connectivity index (χ4n) is 4.65. The molecule has 0 bridgehead atoms. The molecular formula is C23H32N4O2. The summed E-state index contributed by atoms with van der Waals surface area (Å²) in [6, 6.07) is 8.55. The SMILES string of the molecule is CCNC(=NCc1coc(-c2ccc(C)cc2)n1)NC1C2CCCOC2C1(C)C. The van der Waals surface area contributed by atoms with Crippen LogP contribution in [0.15, 0.2) is 39.9 Å². The molecule has 29 heavy (non-hydrogen) atoms. The van der Waals surface area contributed by atoms with E-state index in [1.165, 1.54) is 12.0 Å².